The molecule has 0 aromatic carbocycles. The van der Waals surface area contributed by atoms with Crippen LogP contribution >= 0.6 is 0 Å². The first kappa shape index (κ1) is 15.1. The maximum absolute atomic E-state index is 12.5. The molecule has 2 amide bonds. The van der Waals surface area contributed by atoms with Gasteiger partial charge in [-0.25, -0.2) is 4.79 Å². The van der Waals surface area contributed by atoms with E-state index in [0.29, 0.717) is 19.1 Å². The number of hydrogen-bond acceptors (Lipinski definition) is 3. The van der Waals surface area contributed by atoms with E-state index in [-0.39, 0.29) is 18.4 Å². The lowest BCUT2D eigenvalue weighted by molar-refractivity contribution is -0.138. The first-order valence-corrected chi connectivity index (χ1v) is 7.51. The normalized spacial score (nSPS) is 27.9. The highest BCUT2D eigenvalue weighted by atomic mass is 16.4. The maximum atomic E-state index is 12.5. The zero-order chi connectivity index (χ0) is 14.7. The molecule has 2 atom stereocenters. The van der Waals surface area contributed by atoms with E-state index in [2.05, 4.69) is 18.7 Å². The van der Waals surface area contributed by atoms with E-state index in [0.717, 1.165) is 32.6 Å². The summed E-state index contributed by atoms with van der Waals surface area (Å²) in [5.41, 5.74) is 0. The third kappa shape index (κ3) is 3.42. The Kier molecular flexibility index (Phi) is 4.86. The summed E-state index contributed by atoms with van der Waals surface area (Å²) in [6.45, 7) is 9.07. The fourth-order valence-corrected chi connectivity index (χ4v) is 3.26. The lowest BCUT2D eigenvalue weighted by Gasteiger charge is -2.40. The van der Waals surface area contributed by atoms with Gasteiger partial charge in [-0.2, -0.15) is 0 Å². The van der Waals surface area contributed by atoms with E-state index in [4.69, 9.17) is 5.11 Å². The number of urea groups is 1. The van der Waals surface area contributed by atoms with E-state index in [1.165, 1.54) is 0 Å². The van der Waals surface area contributed by atoms with Crippen molar-refractivity contribution in [3.63, 3.8) is 0 Å². The fraction of sp³-hybridized carbons (Fsp3) is 0.857. The van der Waals surface area contributed by atoms with Gasteiger partial charge in [0.2, 0.25) is 0 Å². The molecule has 0 saturated carbocycles. The number of carboxylic acid groups (broad SMARTS) is 1. The van der Waals surface area contributed by atoms with E-state index < -0.39 is 5.97 Å². The van der Waals surface area contributed by atoms with Gasteiger partial charge < -0.3 is 14.9 Å². The van der Waals surface area contributed by atoms with Gasteiger partial charge in [0.1, 0.15) is 0 Å². The summed E-state index contributed by atoms with van der Waals surface area (Å²) in [7, 11) is 0. The number of aliphatic carboxylic acids is 1. The van der Waals surface area contributed by atoms with Crippen LogP contribution in [0.2, 0.25) is 0 Å². The van der Waals surface area contributed by atoms with Crippen LogP contribution in [0.5, 0.6) is 0 Å². The molecule has 2 fully saturated rings. The summed E-state index contributed by atoms with van der Waals surface area (Å²) < 4.78 is 0. The SMILES string of the molecule is CCN1CCN(C(=O)N2CCC(CC(=O)O)C2)CC1C. The topological polar surface area (TPSA) is 64.1 Å². The van der Waals surface area contributed by atoms with Gasteiger partial charge in [0.25, 0.3) is 0 Å². The van der Waals surface area contributed by atoms with Crippen molar-refractivity contribution < 1.29 is 14.7 Å². The summed E-state index contributed by atoms with van der Waals surface area (Å²) in [4.78, 5) is 29.3. The minimum atomic E-state index is -0.769. The Balaban J connectivity index is 1.85. The molecule has 0 spiro atoms. The van der Waals surface area contributed by atoms with Crippen LogP contribution in [0.25, 0.3) is 0 Å². The predicted molar refractivity (Wildman–Crippen MR) is 75.6 cm³/mol. The molecule has 1 N–H and O–H groups in total. The monoisotopic (exact) mass is 283 g/mol. The Hall–Kier alpha value is -1.30. The van der Waals surface area contributed by atoms with Gasteiger partial charge in [-0.3, -0.25) is 9.69 Å². The largest absolute Gasteiger partial charge is 0.481 e. The zero-order valence-corrected chi connectivity index (χ0v) is 12.4. The Morgan fingerprint density at radius 1 is 1.15 bits per heavy atom. The standard InChI is InChI=1S/C14H25N3O3/c1-3-15-6-7-17(9-11(15)2)14(20)16-5-4-12(10-16)8-13(18)19/h11-12H,3-10H2,1-2H3,(H,18,19). The molecular formula is C14H25N3O3. The van der Waals surface area contributed by atoms with Crippen molar-refractivity contribution in [2.24, 2.45) is 5.92 Å². The number of likely N-dealkylation sites (N-methyl/N-ethyl adjacent to an activating group) is 1. The van der Waals surface area contributed by atoms with Crippen LogP contribution in [0, 0.1) is 5.92 Å². The first-order chi connectivity index (χ1) is 9.51. The van der Waals surface area contributed by atoms with Crippen molar-refractivity contribution in [3.05, 3.63) is 0 Å². The van der Waals surface area contributed by atoms with Crippen molar-refractivity contribution in [1.82, 2.24) is 14.7 Å². The molecule has 0 aromatic heterocycles. The fourth-order valence-electron chi connectivity index (χ4n) is 3.26. The minimum Gasteiger partial charge on any atom is -0.481 e. The van der Waals surface area contributed by atoms with E-state index >= 15 is 0 Å². The van der Waals surface area contributed by atoms with Crippen molar-refractivity contribution in [1.29, 1.82) is 0 Å². The lowest BCUT2D eigenvalue weighted by atomic mass is 10.1. The second-order valence-corrected chi connectivity index (χ2v) is 5.90. The Morgan fingerprint density at radius 2 is 1.85 bits per heavy atom. The third-order valence-electron chi connectivity index (χ3n) is 4.46. The predicted octanol–water partition coefficient (Wildman–Crippen LogP) is 0.929. The number of likely N-dealkylation sites (tertiary alicyclic amines) is 1. The Labute approximate surface area is 120 Å². The van der Waals surface area contributed by atoms with Crippen molar-refractivity contribution in [3.8, 4) is 0 Å². The molecule has 2 aliphatic heterocycles. The number of rotatable bonds is 3. The lowest BCUT2D eigenvalue weighted by Crippen LogP contribution is -2.56. The van der Waals surface area contributed by atoms with Gasteiger partial charge in [-0.1, -0.05) is 6.92 Å². The van der Waals surface area contributed by atoms with Gasteiger partial charge in [-0.05, 0) is 25.8 Å². The van der Waals surface area contributed by atoms with Gasteiger partial charge >= 0.3 is 12.0 Å². The molecule has 0 radical (unpaired) electrons. The molecule has 2 heterocycles. The molecule has 20 heavy (non-hydrogen) atoms. The van der Waals surface area contributed by atoms with Crippen LogP contribution in [0.4, 0.5) is 4.79 Å². The molecule has 6 heteroatoms. The number of piperazine rings is 1. The Morgan fingerprint density at radius 3 is 2.45 bits per heavy atom. The molecule has 0 bridgehead atoms. The number of hydrogen-bond donors (Lipinski definition) is 1. The molecule has 2 aliphatic rings. The number of carboxylic acids is 1. The number of carbonyl (C=O) groups is 2. The summed E-state index contributed by atoms with van der Waals surface area (Å²) in [5.74, 6) is -0.653. The van der Waals surface area contributed by atoms with Crippen LogP contribution in [0.1, 0.15) is 26.7 Å². The summed E-state index contributed by atoms with van der Waals surface area (Å²) >= 11 is 0. The Bertz CT molecular complexity index is 375. The summed E-state index contributed by atoms with van der Waals surface area (Å²) in [6, 6.07) is 0.482. The molecule has 6 nitrogen and oxygen atoms in total. The van der Waals surface area contributed by atoms with Gasteiger partial charge in [-0.15, -0.1) is 0 Å². The smallest absolute Gasteiger partial charge is 0.320 e. The second kappa shape index (κ2) is 6.43. The molecule has 2 unspecified atom stereocenters. The van der Waals surface area contributed by atoms with Crippen LogP contribution in [0.15, 0.2) is 0 Å². The van der Waals surface area contributed by atoms with Crippen molar-refractivity contribution in [2.75, 3.05) is 39.3 Å². The highest BCUT2D eigenvalue weighted by molar-refractivity contribution is 5.75. The average molecular weight is 283 g/mol. The first-order valence-electron chi connectivity index (χ1n) is 7.51. The zero-order valence-electron chi connectivity index (χ0n) is 12.4. The highest BCUT2D eigenvalue weighted by Gasteiger charge is 2.33. The molecule has 2 rings (SSSR count). The second-order valence-electron chi connectivity index (χ2n) is 5.90. The van der Waals surface area contributed by atoms with Crippen LogP contribution in [-0.2, 0) is 4.79 Å². The third-order valence-corrected chi connectivity index (χ3v) is 4.46. The number of carbonyl (C=O) groups excluding carboxylic acids is 1. The average Bonchev–Trinajstić information content (AvgIpc) is 2.85. The highest BCUT2D eigenvalue weighted by Crippen LogP contribution is 2.21. The van der Waals surface area contributed by atoms with E-state index in [1.807, 2.05) is 9.80 Å². The quantitative estimate of drug-likeness (QED) is 0.837. The molecule has 0 aromatic rings. The molecule has 114 valence electrons. The summed E-state index contributed by atoms with van der Waals surface area (Å²) in [5, 5.41) is 8.82. The number of amides is 2. The minimum absolute atomic E-state index is 0.0838. The van der Waals surface area contributed by atoms with Crippen LogP contribution in [-0.4, -0.2) is 77.1 Å². The van der Waals surface area contributed by atoms with Gasteiger partial charge in [0, 0.05) is 45.2 Å². The van der Waals surface area contributed by atoms with Crippen molar-refractivity contribution in [2.45, 2.75) is 32.7 Å². The summed E-state index contributed by atoms with van der Waals surface area (Å²) in [6.07, 6.45) is 0.978. The molecular weight excluding hydrogens is 258 g/mol. The van der Waals surface area contributed by atoms with E-state index in [9.17, 15) is 9.59 Å². The van der Waals surface area contributed by atoms with Crippen LogP contribution in [0.3, 0.4) is 0 Å². The number of nitrogens with zero attached hydrogens (tertiary/aromatic N) is 3. The van der Waals surface area contributed by atoms with Gasteiger partial charge in [0.15, 0.2) is 0 Å². The molecule has 0 aliphatic carbocycles. The van der Waals surface area contributed by atoms with Gasteiger partial charge in [0.05, 0.1) is 0 Å². The van der Waals surface area contributed by atoms with Crippen molar-refractivity contribution >= 4 is 12.0 Å². The van der Waals surface area contributed by atoms with Crippen LogP contribution < -0.4 is 0 Å². The molecule has 2 saturated heterocycles. The van der Waals surface area contributed by atoms with E-state index in [1.54, 1.807) is 0 Å². The maximum Gasteiger partial charge on any atom is 0.320 e.